The highest BCUT2D eigenvalue weighted by molar-refractivity contribution is 5.92. The lowest BCUT2D eigenvalue weighted by Crippen LogP contribution is -2.61. The lowest BCUT2D eigenvalue weighted by atomic mass is 9.52. The first kappa shape index (κ1) is 23.5. The van der Waals surface area contributed by atoms with Crippen molar-refractivity contribution in [2.24, 2.45) is 17.8 Å². The molecular weight excluding hydrogens is 461 g/mol. The quantitative estimate of drug-likeness (QED) is 0.659. The second kappa shape index (κ2) is 8.87. The van der Waals surface area contributed by atoms with Crippen LogP contribution in [0.25, 0.3) is 0 Å². The number of aromatic nitrogens is 2. The lowest BCUT2D eigenvalue weighted by Gasteiger charge is -2.58. The normalized spacial score (nSPS) is 33.1. The van der Waals surface area contributed by atoms with Crippen LogP contribution in [-0.2, 0) is 0 Å². The van der Waals surface area contributed by atoms with Crippen molar-refractivity contribution in [2.45, 2.75) is 56.7 Å². The number of nitrogens with one attached hydrogen (secondary N) is 1. The van der Waals surface area contributed by atoms with E-state index in [-0.39, 0.29) is 23.8 Å². The van der Waals surface area contributed by atoms with Crippen molar-refractivity contribution in [2.75, 3.05) is 36.5 Å². The molecule has 0 radical (unpaired) electrons. The Morgan fingerprint density at radius 2 is 1.97 bits per heavy atom. The predicted molar refractivity (Wildman–Crippen MR) is 134 cm³/mol. The first-order chi connectivity index (χ1) is 17.3. The molecule has 9 heteroatoms. The molecule has 5 aliphatic rings. The van der Waals surface area contributed by atoms with Crippen molar-refractivity contribution < 1.29 is 19.0 Å². The van der Waals surface area contributed by atoms with Gasteiger partial charge in [0.1, 0.15) is 17.3 Å². The molecule has 1 amide bonds. The van der Waals surface area contributed by atoms with Gasteiger partial charge in [-0.1, -0.05) is 0 Å². The molecule has 1 aromatic heterocycles. The van der Waals surface area contributed by atoms with Gasteiger partial charge in [0.2, 0.25) is 5.95 Å². The number of hydrogen-bond acceptors (Lipinski definition) is 7. The fraction of sp³-hybridized carbons (Fsp3) is 0.593. The van der Waals surface area contributed by atoms with Crippen molar-refractivity contribution >= 4 is 17.5 Å². The summed E-state index contributed by atoms with van der Waals surface area (Å²) in [5.74, 6) is 1.82. The fourth-order valence-corrected chi connectivity index (χ4v) is 7.40. The minimum absolute atomic E-state index is 0.0312. The van der Waals surface area contributed by atoms with Crippen LogP contribution in [0.2, 0.25) is 0 Å². The molecule has 5 fully saturated rings. The summed E-state index contributed by atoms with van der Waals surface area (Å²) in [7, 11) is 1.52. The van der Waals surface area contributed by atoms with E-state index in [2.05, 4.69) is 27.1 Å². The van der Waals surface area contributed by atoms with Crippen LogP contribution in [0.5, 0.6) is 5.75 Å². The molecule has 4 aliphatic carbocycles. The number of carbonyl (C=O) groups excluding carboxylic acids is 1. The molecule has 1 aromatic carbocycles. The summed E-state index contributed by atoms with van der Waals surface area (Å²) >= 11 is 0. The van der Waals surface area contributed by atoms with Crippen LogP contribution in [0.15, 0.2) is 30.5 Å². The van der Waals surface area contributed by atoms with Gasteiger partial charge in [-0.15, -0.1) is 0 Å². The zero-order valence-electron chi connectivity index (χ0n) is 20.9. The maximum Gasteiger partial charge on any atom is 0.270 e. The van der Waals surface area contributed by atoms with Crippen LogP contribution >= 0.6 is 0 Å². The summed E-state index contributed by atoms with van der Waals surface area (Å²) in [5.41, 5.74) is 0.396. The highest BCUT2D eigenvalue weighted by Crippen LogP contribution is 2.55. The van der Waals surface area contributed by atoms with E-state index in [0.29, 0.717) is 60.5 Å². The number of piperazine rings is 1. The third kappa shape index (κ3) is 4.17. The Kier molecular flexibility index (Phi) is 5.78. The highest BCUT2D eigenvalue weighted by Gasteiger charge is 2.55. The summed E-state index contributed by atoms with van der Waals surface area (Å²) in [5, 5.41) is 14.1. The lowest BCUT2D eigenvalue weighted by molar-refractivity contribution is -0.136. The summed E-state index contributed by atoms with van der Waals surface area (Å²) in [4.78, 5) is 26.4. The van der Waals surface area contributed by atoms with Crippen LogP contribution in [0, 0.1) is 23.6 Å². The number of ether oxygens (including phenoxy) is 1. The fourth-order valence-electron chi connectivity index (χ4n) is 7.40. The smallest absolute Gasteiger partial charge is 0.270 e. The number of halogens is 1. The topological polar surface area (TPSA) is 90.8 Å². The molecule has 2 aromatic rings. The van der Waals surface area contributed by atoms with Crippen LogP contribution in [0.4, 0.5) is 16.0 Å². The molecule has 4 bridgehead atoms. The average Bonchev–Trinajstić information content (AvgIpc) is 2.85. The molecule has 7 rings (SSSR count). The van der Waals surface area contributed by atoms with E-state index in [4.69, 9.17) is 4.74 Å². The minimum atomic E-state index is -0.521. The number of aliphatic hydroxyl groups is 1. The molecule has 2 unspecified atom stereocenters. The monoisotopic (exact) mass is 495 g/mol. The Morgan fingerprint density at radius 1 is 1.19 bits per heavy atom. The number of carbonyl (C=O) groups is 1. The Balaban J connectivity index is 1.13. The Hall–Kier alpha value is -2.94. The molecule has 36 heavy (non-hydrogen) atoms. The standard InChI is InChI=1S/C27H34FN5O3/c1-16-15-32(23-4-3-20(36-2)11-21(23)28)7-8-33(16)26-29-6-5-22(30-26)25(34)31-24-18-9-17-10-19(24)14-27(35,12-17)13-18/h3-6,11,16-19,24,35H,7-10,12-15H2,1-2H3,(H,31,34)/t16-,17?,18?,19?,24?,27?/m0/s1. The third-order valence-electron chi connectivity index (χ3n) is 8.79. The Morgan fingerprint density at radius 3 is 2.64 bits per heavy atom. The van der Waals surface area contributed by atoms with Crippen molar-refractivity contribution in [1.82, 2.24) is 15.3 Å². The predicted octanol–water partition coefficient (Wildman–Crippen LogP) is 3.01. The van der Waals surface area contributed by atoms with Gasteiger partial charge in [-0.2, -0.15) is 0 Å². The highest BCUT2D eigenvalue weighted by atomic mass is 19.1. The molecule has 3 atom stereocenters. The second-order valence-corrected chi connectivity index (χ2v) is 11.2. The maximum atomic E-state index is 14.6. The van der Waals surface area contributed by atoms with Crippen molar-refractivity contribution in [3.05, 3.63) is 42.0 Å². The second-order valence-electron chi connectivity index (χ2n) is 11.2. The summed E-state index contributed by atoms with van der Waals surface area (Å²) in [6, 6.07) is 6.72. The minimum Gasteiger partial charge on any atom is -0.497 e. The molecule has 8 nitrogen and oxygen atoms in total. The number of rotatable bonds is 5. The molecule has 4 saturated carbocycles. The molecule has 0 spiro atoms. The number of methoxy groups -OCH3 is 1. The van der Waals surface area contributed by atoms with Gasteiger partial charge in [-0.25, -0.2) is 14.4 Å². The first-order valence-electron chi connectivity index (χ1n) is 13.0. The third-order valence-corrected chi connectivity index (χ3v) is 8.79. The van der Waals surface area contributed by atoms with Gasteiger partial charge in [0.05, 0.1) is 18.4 Å². The van der Waals surface area contributed by atoms with Gasteiger partial charge < -0.3 is 25.0 Å². The molecule has 192 valence electrons. The molecular formula is C27H34FN5O3. The van der Waals surface area contributed by atoms with Gasteiger partial charge >= 0.3 is 0 Å². The molecule has 1 saturated heterocycles. The zero-order valence-corrected chi connectivity index (χ0v) is 20.9. The van der Waals surface area contributed by atoms with Gasteiger partial charge in [-0.05, 0) is 75.0 Å². The van der Waals surface area contributed by atoms with Gasteiger partial charge in [0.25, 0.3) is 5.91 Å². The van der Waals surface area contributed by atoms with Crippen LogP contribution in [0.1, 0.15) is 49.5 Å². The first-order valence-corrected chi connectivity index (χ1v) is 13.0. The van der Waals surface area contributed by atoms with Gasteiger partial charge in [0, 0.05) is 44.0 Å². The number of amides is 1. The molecule has 2 heterocycles. The van der Waals surface area contributed by atoms with Crippen LogP contribution < -0.4 is 19.9 Å². The van der Waals surface area contributed by atoms with E-state index >= 15 is 0 Å². The SMILES string of the molecule is COc1ccc(N2CCN(c3nccc(C(=O)NC4C5CC6CC4CC(O)(C6)C5)n3)[C@@H](C)C2)c(F)c1. The van der Waals surface area contributed by atoms with Crippen molar-refractivity contribution in [3.8, 4) is 5.75 Å². The van der Waals surface area contributed by atoms with Gasteiger partial charge in [-0.3, -0.25) is 4.79 Å². The molecule has 1 aliphatic heterocycles. The zero-order chi connectivity index (χ0) is 25.0. The van der Waals surface area contributed by atoms with Gasteiger partial charge in [0.15, 0.2) is 0 Å². The van der Waals surface area contributed by atoms with E-state index in [0.717, 1.165) is 32.1 Å². The van der Waals surface area contributed by atoms with E-state index in [9.17, 15) is 14.3 Å². The number of nitrogens with zero attached hydrogens (tertiary/aromatic N) is 4. The maximum absolute atomic E-state index is 14.6. The van der Waals surface area contributed by atoms with Crippen molar-refractivity contribution in [3.63, 3.8) is 0 Å². The van der Waals surface area contributed by atoms with Crippen LogP contribution in [-0.4, -0.2) is 65.4 Å². The molecule has 2 N–H and O–H groups in total. The summed E-state index contributed by atoms with van der Waals surface area (Å²) in [6.45, 7) is 3.90. The van der Waals surface area contributed by atoms with E-state index in [1.165, 1.54) is 13.2 Å². The summed E-state index contributed by atoms with van der Waals surface area (Å²) < 4.78 is 19.7. The van der Waals surface area contributed by atoms with E-state index in [1.807, 2.05) is 4.90 Å². The number of benzene rings is 1. The average molecular weight is 496 g/mol. The number of anilines is 2. The Labute approximate surface area is 210 Å². The van der Waals surface area contributed by atoms with E-state index < -0.39 is 5.60 Å². The van der Waals surface area contributed by atoms with Crippen LogP contribution in [0.3, 0.4) is 0 Å². The van der Waals surface area contributed by atoms with E-state index in [1.54, 1.807) is 24.4 Å². The largest absolute Gasteiger partial charge is 0.497 e. The number of hydrogen-bond donors (Lipinski definition) is 2. The Bertz CT molecular complexity index is 1150. The van der Waals surface area contributed by atoms with Crippen molar-refractivity contribution in [1.29, 1.82) is 0 Å². The summed E-state index contributed by atoms with van der Waals surface area (Å²) in [6.07, 6.45) is 6.32.